The summed E-state index contributed by atoms with van der Waals surface area (Å²) in [6.07, 6.45) is 1.71. The van der Waals surface area contributed by atoms with Crippen molar-refractivity contribution in [3.05, 3.63) is 0 Å². The molecule has 2 atom stereocenters. The third-order valence-corrected chi connectivity index (χ3v) is 2.64. The number of carbonyl (C=O) groups is 1. The van der Waals surface area contributed by atoms with Gasteiger partial charge in [-0.2, -0.15) is 0 Å². The van der Waals surface area contributed by atoms with Crippen molar-refractivity contribution in [3.8, 4) is 0 Å². The lowest BCUT2D eigenvalue weighted by Gasteiger charge is -2.22. The van der Waals surface area contributed by atoms with E-state index < -0.39 is 11.6 Å². The molecule has 0 aromatic carbocycles. The van der Waals surface area contributed by atoms with Gasteiger partial charge in [-0.1, -0.05) is 13.3 Å². The monoisotopic (exact) mass is 242 g/mol. The predicted molar refractivity (Wildman–Crippen MR) is 66.0 cm³/mol. The molecule has 0 saturated carbocycles. The Bertz CT molecular complexity index is 307. The molecule has 1 aliphatic rings. The molecular formula is C12H22N2O3. The van der Waals surface area contributed by atoms with E-state index in [2.05, 4.69) is 17.2 Å². The highest BCUT2D eigenvalue weighted by Crippen LogP contribution is 2.19. The third kappa shape index (κ3) is 3.51. The Morgan fingerprint density at radius 2 is 2.18 bits per heavy atom. The van der Waals surface area contributed by atoms with Crippen LogP contribution in [0.4, 0.5) is 0 Å². The first-order valence-corrected chi connectivity index (χ1v) is 6.13. The van der Waals surface area contributed by atoms with Crippen LogP contribution in [-0.4, -0.2) is 41.2 Å². The fraction of sp³-hybridized carbons (Fsp3) is 0.833. The smallest absolute Gasteiger partial charge is 0.329 e. The van der Waals surface area contributed by atoms with Gasteiger partial charge in [-0.3, -0.25) is 10.3 Å². The topological polar surface area (TPSA) is 70.9 Å². The van der Waals surface area contributed by atoms with Crippen LogP contribution in [0.3, 0.4) is 0 Å². The Labute approximate surface area is 102 Å². The molecule has 1 heterocycles. The van der Waals surface area contributed by atoms with Gasteiger partial charge in [-0.15, -0.1) is 0 Å². The van der Waals surface area contributed by atoms with Crippen molar-refractivity contribution in [1.29, 1.82) is 0 Å². The number of aliphatic hydroxyl groups is 1. The van der Waals surface area contributed by atoms with Gasteiger partial charge in [0.25, 0.3) is 0 Å². The van der Waals surface area contributed by atoms with Gasteiger partial charge in [0.1, 0.15) is 12.2 Å². The van der Waals surface area contributed by atoms with Crippen LogP contribution in [-0.2, 0) is 9.53 Å². The van der Waals surface area contributed by atoms with Gasteiger partial charge < -0.3 is 9.84 Å². The Balaban J connectivity index is 2.84. The minimum atomic E-state index is -1.10. The van der Waals surface area contributed by atoms with Crippen LogP contribution >= 0.6 is 0 Å². The lowest BCUT2D eigenvalue weighted by atomic mass is 9.97. The fourth-order valence-corrected chi connectivity index (χ4v) is 1.89. The fourth-order valence-electron chi connectivity index (χ4n) is 1.89. The van der Waals surface area contributed by atoms with Crippen LogP contribution in [0.25, 0.3) is 0 Å². The average Bonchev–Trinajstić information content (AvgIpc) is 2.62. The van der Waals surface area contributed by atoms with Gasteiger partial charge >= 0.3 is 5.97 Å². The maximum absolute atomic E-state index is 11.8. The Hall–Kier alpha value is -0.940. The number of aliphatic imine (C=N–C) groups is 1. The molecule has 0 unspecified atom stereocenters. The van der Waals surface area contributed by atoms with Crippen LogP contribution < -0.4 is 5.32 Å². The van der Waals surface area contributed by atoms with Crippen LogP contribution in [0.2, 0.25) is 0 Å². The third-order valence-electron chi connectivity index (χ3n) is 2.64. The lowest BCUT2D eigenvalue weighted by Crippen LogP contribution is -2.49. The Morgan fingerprint density at radius 3 is 2.65 bits per heavy atom. The largest absolute Gasteiger partial charge is 0.465 e. The van der Waals surface area contributed by atoms with E-state index in [0.29, 0.717) is 12.3 Å². The van der Waals surface area contributed by atoms with E-state index in [1.807, 2.05) is 0 Å². The molecule has 0 saturated heterocycles. The molecule has 2 N–H and O–H groups in total. The van der Waals surface area contributed by atoms with Gasteiger partial charge in [-0.25, -0.2) is 4.79 Å². The summed E-state index contributed by atoms with van der Waals surface area (Å²) in [6.45, 7) is 7.41. The Morgan fingerprint density at radius 1 is 1.53 bits per heavy atom. The second-order valence-corrected chi connectivity index (χ2v) is 4.73. The summed E-state index contributed by atoms with van der Waals surface area (Å²) in [5.74, 6) is -0.369. The minimum absolute atomic E-state index is 0.101. The maximum atomic E-state index is 11.8. The van der Waals surface area contributed by atoms with E-state index in [1.54, 1.807) is 20.8 Å². The summed E-state index contributed by atoms with van der Waals surface area (Å²) < 4.78 is 4.98. The van der Waals surface area contributed by atoms with E-state index in [9.17, 15) is 9.90 Å². The average molecular weight is 242 g/mol. The summed E-state index contributed by atoms with van der Waals surface area (Å²) in [6, 6.07) is -0.619. The number of nitrogens with one attached hydrogen (secondary N) is 1. The molecule has 0 bridgehead atoms. The first kappa shape index (κ1) is 14.1. The number of rotatable bonds is 5. The van der Waals surface area contributed by atoms with Crippen molar-refractivity contribution < 1.29 is 14.6 Å². The zero-order valence-corrected chi connectivity index (χ0v) is 11.0. The van der Waals surface area contributed by atoms with Crippen LogP contribution in [0.15, 0.2) is 4.99 Å². The number of nitrogens with zero attached hydrogens (tertiary/aromatic N) is 1. The first-order valence-electron chi connectivity index (χ1n) is 6.13. The molecule has 1 aliphatic heterocycles. The van der Waals surface area contributed by atoms with Crippen LogP contribution in [0.1, 0.15) is 40.5 Å². The van der Waals surface area contributed by atoms with Crippen molar-refractivity contribution in [2.75, 3.05) is 6.61 Å². The molecular weight excluding hydrogens is 220 g/mol. The van der Waals surface area contributed by atoms with E-state index >= 15 is 0 Å². The number of hydrogen-bond donors (Lipinski definition) is 2. The second kappa shape index (κ2) is 5.60. The molecule has 1 rings (SSSR count). The zero-order valence-electron chi connectivity index (χ0n) is 11.0. The number of ether oxygens (including phenoxy) is 1. The quantitative estimate of drug-likeness (QED) is 0.701. The predicted octanol–water partition coefficient (Wildman–Crippen LogP) is 0.859. The van der Waals surface area contributed by atoms with Crippen molar-refractivity contribution in [3.63, 3.8) is 0 Å². The number of carbonyl (C=O) groups excluding carboxylic acids is 1. The van der Waals surface area contributed by atoms with Crippen LogP contribution in [0, 0.1) is 0 Å². The highest BCUT2D eigenvalue weighted by atomic mass is 16.5. The summed E-state index contributed by atoms with van der Waals surface area (Å²) in [4.78, 5) is 16.2. The van der Waals surface area contributed by atoms with E-state index in [4.69, 9.17) is 4.74 Å². The lowest BCUT2D eigenvalue weighted by molar-refractivity contribution is -0.143. The van der Waals surface area contributed by atoms with Gasteiger partial charge in [-0.05, 0) is 27.2 Å². The molecule has 0 aliphatic carbocycles. The van der Waals surface area contributed by atoms with Gasteiger partial charge in [0.05, 0.1) is 17.9 Å². The van der Waals surface area contributed by atoms with E-state index in [-0.39, 0.29) is 12.1 Å². The molecule has 5 nitrogen and oxygen atoms in total. The highest BCUT2D eigenvalue weighted by molar-refractivity contribution is 6.11. The molecule has 5 heteroatoms. The van der Waals surface area contributed by atoms with Crippen molar-refractivity contribution in [2.24, 2.45) is 4.99 Å². The summed E-state index contributed by atoms with van der Waals surface area (Å²) in [7, 11) is 0. The normalized spacial score (nSPS) is 24.6. The van der Waals surface area contributed by atoms with E-state index in [1.165, 1.54) is 0 Å². The van der Waals surface area contributed by atoms with Crippen molar-refractivity contribution in [1.82, 2.24) is 5.32 Å². The molecule has 98 valence electrons. The molecule has 17 heavy (non-hydrogen) atoms. The number of esters is 1. The van der Waals surface area contributed by atoms with E-state index in [0.717, 1.165) is 12.8 Å². The van der Waals surface area contributed by atoms with Gasteiger partial charge in [0.2, 0.25) is 0 Å². The molecule has 0 aromatic rings. The van der Waals surface area contributed by atoms with Crippen LogP contribution in [0.5, 0.6) is 0 Å². The second-order valence-electron chi connectivity index (χ2n) is 4.73. The first-order chi connectivity index (χ1) is 7.90. The minimum Gasteiger partial charge on any atom is -0.465 e. The zero-order chi connectivity index (χ0) is 13.1. The van der Waals surface area contributed by atoms with Crippen molar-refractivity contribution in [2.45, 2.75) is 58.3 Å². The molecule has 0 amide bonds. The van der Waals surface area contributed by atoms with Gasteiger partial charge in [0, 0.05) is 0 Å². The summed E-state index contributed by atoms with van der Waals surface area (Å²) >= 11 is 0. The summed E-state index contributed by atoms with van der Waals surface area (Å²) in [5.41, 5.74) is -0.637. The molecule has 0 radical (unpaired) electrons. The highest BCUT2D eigenvalue weighted by Gasteiger charge is 2.40. The summed E-state index contributed by atoms with van der Waals surface area (Å²) in [5, 5.41) is 13.1. The maximum Gasteiger partial charge on any atom is 0.329 e. The number of hydrogen-bond acceptors (Lipinski definition) is 5. The SMILES string of the molecule is CCC[C@H]1N=C(C(C)(C)O)[C@@H](C(=O)OCC)N1. The molecule has 0 aromatic heterocycles. The molecule has 0 spiro atoms. The van der Waals surface area contributed by atoms with Crippen molar-refractivity contribution >= 4 is 11.7 Å². The molecule has 0 fully saturated rings. The van der Waals surface area contributed by atoms with Gasteiger partial charge in [0.15, 0.2) is 0 Å². The Kier molecular flexibility index (Phi) is 4.65. The standard InChI is InChI=1S/C12H22N2O3/c1-5-7-8-13-9(11(15)17-6-2)10(14-8)12(3,4)16/h8-9,13,16H,5-7H2,1-4H3/t8-,9+/m1/s1.